The molecule has 0 radical (unpaired) electrons. The molecule has 0 bridgehead atoms. The van der Waals surface area contributed by atoms with Crippen LogP contribution in [0.15, 0.2) is 0 Å². The molecular weight excluding hydrogens is 274 g/mol. The maximum Gasteiger partial charge on any atom is 0.323 e. The second kappa shape index (κ2) is 7.85. The van der Waals surface area contributed by atoms with E-state index in [1.54, 1.807) is 6.92 Å². The highest BCUT2D eigenvalue weighted by Gasteiger charge is 2.33. The number of carbonyl (C=O) groups excluding carboxylic acids is 2. The summed E-state index contributed by atoms with van der Waals surface area (Å²) in [6, 6.07) is -0.631. The average molecular weight is 299 g/mol. The molecule has 21 heavy (non-hydrogen) atoms. The Hall–Kier alpha value is -1.79. The molecule has 1 atom stereocenters. The zero-order valence-corrected chi connectivity index (χ0v) is 12.7. The van der Waals surface area contributed by atoms with Crippen molar-refractivity contribution < 1.29 is 19.5 Å². The van der Waals surface area contributed by atoms with Gasteiger partial charge in [-0.25, -0.2) is 4.79 Å². The summed E-state index contributed by atoms with van der Waals surface area (Å²) in [7, 11) is 0. The number of hydrogen-bond donors (Lipinski definition) is 2. The zero-order chi connectivity index (χ0) is 16.0. The van der Waals surface area contributed by atoms with Gasteiger partial charge in [0.15, 0.2) is 0 Å². The molecule has 0 aliphatic heterocycles. The topological polar surface area (TPSA) is 104 Å². The Balaban J connectivity index is 2.92. The Bertz CT molecular complexity index is 394. The number of urea groups is 1. The fraction of sp³-hybridized carbons (Fsp3) is 0.786. The number of carboxylic acids is 1. The Morgan fingerprint density at radius 2 is 1.81 bits per heavy atom. The maximum atomic E-state index is 12.7. The lowest BCUT2D eigenvalue weighted by molar-refractivity contribution is -0.138. The third kappa shape index (κ3) is 4.91. The van der Waals surface area contributed by atoms with Crippen LogP contribution in [0.2, 0.25) is 0 Å². The number of carbonyl (C=O) groups is 3. The number of primary amides is 1. The normalized spacial score (nSPS) is 16.5. The third-order valence-electron chi connectivity index (χ3n) is 4.01. The van der Waals surface area contributed by atoms with Gasteiger partial charge in [-0.2, -0.15) is 0 Å². The van der Waals surface area contributed by atoms with Gasteiger partial charge in [0.2, 0.25) is 5.91 Å². The Kier molecular flexibility index (Phi) is 6.45. The monoisotopic (exact) mass is 299 g/mol. The molecule has 120 valence electrons. The summed E-state index contributed by atoms with van der Waals surface area (Å²) in [6.45, 7) is 3.17. The molecule has 0 aromatic carbocycles. The minimum atomic E-state index is -1.06. The van der Waals surface area contributed by atoms with Gasteiger partial charge in [-0.05, 0) is 26.2 Å². The first-order valence-corrected chi connectivity index (χ1v) is 7.44. The number of amides is 3. The van der Waals surface area contributed by atoms with E-state index < -0.39 is 17.9 Å². The molecule has 0 heterocycles. The first-order chi connectivity index (χ1) is 9.86. The molecule has 1 aliphatic carbocycles. The van der Waals surface area contributed by atoms with Crippen molar-refractivity contribution in [3.05, 3.63) is 0 Å². The van der Waals surface area contributed by atoms with E-state index in [0.717, 1.165) is 25.7 Å². The van der Waals surface area contributed by atoms with Crippen LogP contribution in [0.1, 0.15) is 46.0 Å². The molecule has 0 saturated heterocycles. The maximum absolute atomic E-state index is 12.7. The minimum Gasteiger partial charge on any atom is -0.480 e. The van der Waals surface area contributed by atoms with Crippen LogP contribution in [0.5, 0.6) is 0 Å². The van der Waals surface area contributed by atoms with Crippen LogP contribution in [0.3, 0.4) is 0 Å². The number of nitrogens with two attached hydrogens (primary N) is 1. The number of aliphatic carboxylic acids is 1. The summed E-state index contributed by atoms with van der Waals surface area (Å²) >= 11 is 0. The van der Waals surface area contributed by atoms with Crippen molar-refractivity contribution in [2.24, 2.45) is 5.73 Å². The summed E-state index contributed by atoms with van der Waals surface area (Å²) < 4.78 is 0. The number of hydrogen-bond acceptors (Lipinski definition) is 3. The van der Waals surface area contributed by atoms with Crippen LogP contribution in [-0.2, 0) is 9.59 Å². The summed E-state index contributed by atoms with van der Waals surface area (Å²) in [4.78, 5) is 37.7. The van der Waals surface area contributed by atoms with Crippen LogP contribution in [-0.4, -0.2) is 58.0 Å². The van der Waals surface area contributed by atoms with Crippen molar-refractivity contribution >= 4 is 17.9 Å². The SMILES string of the molecule is CCC(C)N(CC(=O)O)C(=O)N(CC(N)=O)C1CCCC1. The van der Waals surface area contributed by atoms with Gasteiger partial charge in [0.25, 0.3) is 0 Å². The summed E-state index contributed by atoms with van der Waals surface area (Å²) in [6.07, 6.45) is 4.33. The fourth-order valence-corrected chi connectivity index (χ4v) is 2.68. The lowest BCUT2D eigenvalue weighted by Gasteiger charge is -2.35. The second-order valence-electron chi connectivity index (χ2n) is 5.59. The number of carboxylic acid groups (broad SMARTS) is 1. The molecule has 1 rings (SSSR count). The molecule has 0 aromatic heterocycles. The van der Waals surface area contributed by atoms with Gasteiger partial charge in [0.1, 0.15) is 13.1 Å². The van der Waals surface area contributed by atoms with Crippen molar-refractivity contribution in [1.29, 1.82) is 0 Å². The van der Waals surface area contributed by atoms with Gasteiger partial charge >= 0.3 is 12.0 Å². The first kappa shape index (κ1) is 17.3. The van der Waals surface area contributed by atoms with E-state index in [0.29, 0.717) is 6.42 Å². The quantitative estimate of drug-likeness (QED) is 0.732. The Labute approximate surface area is 125 Å². The predicted molar refractivity (Wildman–Crippen MR) is 77.6 cm³/mol. The molecular formula is C14H25N3O4. The van der Waals surface area contributed by atoms with Gasteiger partial charge in [-0.3, -0.25) is 9.59 Å². The van der Waals surface area contributed by atoms with E-state index in [9.17, 15) is 14.4 Å². The largest absolute Gasteiger partial charge is 0.480 e. The van der Waals surface area contributed by atoms with Crippen LogP contribution in [0.25, 0.3) is 0 Å². The van der Waals surface area contributed by atoms with Gasteiger partial charge in [-0.15, -0.1) is 0 Å². The molecule has 0 aromatic rings. The highest BCUT2D eigenvalue weighted by molar-refractivity contribution is 5.85. The Morgan fingerprint density at radius 1 is 1.24 bits per heavy atom. The van der Waals surface area contributed by atoms with E-state index >= 15 is 0 Å². The van der Waals surface area contributed by atoms with Gasteiger partial charge in [0, 0.05) is 12.1 Å². The molecule has 0 spiro atoms. The molecule has 1 fully saturated rings. The number of nitrogens with zero attached hydrogens (tertiary/aromatic N) is 2. The molecule has 1 aliphatic rings. The van der Waals surface area contributed by atoms with E-state index in [2.05, 4.69) is 0 Å². The van der Waals surface area contributed by atoms with Crippen molar-refractivity contribution in [2.75, 3.05) is 13.1 Å². The first-order valence-electron chi connectivity index (χ1n) is 7.44. The summed E-state index contributed by atoms with van der Waals surface area (Å²) in [5.41, 5.74) is 5.24. The second-order valence-corrected chi connectivity index (χ2v) is 5.59. The highest BCUT2D eigenvalue weighted by Crippen LogP contribution is 2.25. The molecule has 3 N–H and O–H groups in total. The summed E-state index contributed by atoms with van der Waals surface area (Å²) in [5.74, 6) is -1.64. The van der Waals surface area contributed by atoms with Crippen molar-refractivity contribution in [2.45, 2.75) is 58.0 Å². The van der Waals surface area contributed by atoms with Gasteiger partial charge in [0.05, 0.1) is 0 Å². The van der Waals surface area contributed by atoms with Crippen molar-refractivity contribution in [1.82, 2.24) is 9.80 Å². The third-order valence-corrected chi connectivity index (χ3v) is 4.01. The van der Waals surface area contributed by atoms with E-state index in [-0.39, 0.29) is 25.2 Å². The van der Waals surface area contributed by atoms with Gasteiger partial charge < -0.3 is 20.6 Å². The van der Waals surface area contributed by atoms with E-state index in [1.807, 2.05) is 6.92 Å². The van der Waals surface area contributed by atoms with Crippen molar-refractivity contribution in [3.63, 3.8) is 0 Å². The van der Waals surface area contributed by atoms with Crippen LogP contribution >= 0.6 is 0 Å². The molecule has 7 heteroatoms. The van der Waals surface area contributed by atoms with Crippen LogP contribution in [0.4, 0.5) is 4.79 Å². The zero-order valence-electron chi connectivity index (χ0n) is 12.7. The Morgan fingerprint density at radius 3 is 2.24 bits per heavy atom. The standard InChI is InChI=1S/C14H25N3O4/c1-3-10(2)16(9-13(19)20)14(21)17(8-12(15)18)11-6-4-5-7-11/h10-11H,3-9H2,1-2H3,(H2,15,18)(H,19,20). The molecule has 7 nitrogen and oxygen atoms in total. The van der Waals surface area contributed by atoms with E-state index in [4.69, 9.17) is 10.8 Å². The smallest absolute Gasteiger partial charge is 0.323 e. The van der Waals surface area contributed by atoms with Gasteiger partial charge in [-0.1, -0.05) is 19.8 Å². The minimum absolute atomic E-state index is 0.0228. The lowest BCUT2D eigenvalue weighted by Crippen LogP contribution is -2.54. The van der Waals surface area contributed by atoms with E-state index in [1.165, 1.54) is 9.80 Å². The van der Waals surface area contributed by atoms with Crippen LogP contribution in [0, 0.1) is 0 Å². The molecule has 1 saturated carbocycles. The summed E-state index contributed by atoms with van der Waals surface area (Å²) in [5, 5.41) is 9.00. The lowest BCUT2D eigenvalue weighted by atomic mass is 10.2. The fourth-order valence-electron chi connectivity index (χ4n) is 2.68. The van der Waals surface area contributed by atoms with Crippen LogP contribution < -0.4 is 5.73 Å². The van der Waals surface area contributed by atoms with Crippen molar-refractivity contribution in [3.8, 4) is 0 Å². The number of rotatable bonds is 7. The predicted octanol–water partition coefficient (Wildman–Crippen LogP) is 1.02. The molecule has 3 amide bonds. The average Bonchev–Trinajstić information content (AvgIpc) is 2.94. The molecule has 1 unspecified atom stereocenters. The highest BCUT2D eigenvalue weighted by atomic mass is 16.4.